The van der Waals surface area contributed by atoms with E-state index in [2.05, 4.69) is 4.52 Å². The van der Waals surface area contributed by atoms with Crippen molar-refractivity contribution in [1.29, 1.82) is 0 Å². The Labute approximate surface area is 59.8 Å². The quantitative estimate of drug-likeness (QED) is 0.459. The first-order chi connectivity index (χ1) is 4.33. The Hall–Kier alpha value is 0.0700. The van der Waals surface area contributed by atoms with E-state index < -0.39 is 14.1 Å². The smallest absolute Gasteiger partial charge is 0.303 e. The highest BCUT2D eigenvalue weighted by molar-refractivity contribution is 7.46. The molecule has 0 fully saturated rings. The molecule has 0 aromatic carbocycles. The minimum Gasteiger partial charge on any atom is -0.303 e. The Balaban J connectivity index is 3.80. The van der Waals surface area contributed by atoms with Gasteiger partial charge in [-0.25, -0.2) is 4.57 Å². The second kappa shape index (κ2) is 3.46. The molecular weight excluding hydrogens is 157 g/mol. The number of phosphoric acid groups is 1. The van der Waals surface area contributed by atoms with Crippen LogP contribution in [0.1, 0.15) is 6.92 Å². The minimum atomic E-state index is -4.32. The Morgan fingerprint density at radius 3 is 2.00 bits per heavy atom. The predicted molar refractivity (Wildman–Crippen MR) is 36.3 cm³/mol. The summed E-state index contributed by atoms with van der Waals surface area (Å²) < 4.78 is 14.5. The lowest BCUT2D eigenvalue weighted by Gasteiger charge is -2.19. The molecule has 6 heteroatoms. The molecule has 0 aromatic rings. The van der Waals surface area contributed by atoms with E-state index in [0.29, 0.717) is 0 Å². The van der Waals surface area contributed by atoms with Crippen molar-refractivity contribution in [2.24, 2.45) is 0 Å². The summed E-state index contributed by atoms with van der Waals surface area (Å²) in [6.45, 7) is 1.55. The molecule has 0 radical (unpaired) electrons. The summed E-state index contributed by atoms with van der Waals surface area (Å²) in [6, 6.07) is 0. The first-order valence-corrected chi connectivity index (χ1v) is 4.26. The molecule has 0 saturated carbocycles. The molecule has 1 atom stereocenters. The molecule has 0 aromatic heterocycles. The molecule has 0 amide bonds. The number of phosphoric ester groups is 1. The van der Waals surface area contributed by atoms with Gasteiger partial charge in [0.1, 0.15) is 6.23 Å². The molecule has 0 aliphatic heterocycles. The number of hydrogen-bond acceptors (Lipinski definition) is 3. The summed E-state index contributed by atoms with van der Waals surface area (Å²) in [6.07, 6.45) is -0.569. The molecule has 2 N–H and O–H groups in total. The molecule has 0 saturated heterocycles. The summed E-state index contributed by atoms with van der Waals surface area (Å²) in [5.74, 6) is 0. The standard InChI is InChI=1S/C4H12NO4P/c1-4(5(2)3)9-10(6,7)8/h4H,1-3H3,(H2,6,7,8). The van der Waals surface area contributed by atoms with E-state index in [0.717, 1.165) is 0 Å². The van der Waals surface area contributed by atoms with Crippen molar-refractivity contribution in [2.45, 2.75) is 13.2 Å². The second-order valence-corrected chi connectivity index (χ2v) is 3.35. The van der Waals surface area contributed by atoms with E-state index >= 15 is 0 Å². The lowest BCUT2D eigenvalue weighted by molar-refractivity contribution is 0.0486. The Kier molecular flexibility index (Phi) is 3.48. The van der Waals surface area contributed by atoms with E-state index in [1.165, 1.54) is 0 Å². The average molecular weight is 169 g/mol. The van der Waals surface area contributed by atoms with E-state index in [-0.39, 0.29) is 0 Å². The lowest BCUT2D eigenvalue weighted by Crippen LogP contribution is -2.26. The van der Waals surface area contributed by atoms with Gasteiger partial charge in [-0.2, -0.15) is 0 Å². The summed E-state index contributed by atoms with van der Waals surface area (Å²) in [7, 11) is -0.983. The zero-order valence-corrected chi connectivity index (χ0v) is 7.08. The third kappa shape index (κ3) is 4.90. The van der Waals surface area contributed by atoms with Crippen molar-refractivity contribution >= 4 is 7.82 Å². The van der Waals surface area contributed by atoms with Gasteiger partial charge in [0.05, 0.1) is 0 Å². The molecule has 0 heterocycles. The van der Waals surface area contributed by atoms with Gasteiger partial charge in [-0.1, -0.05) is 0 Å². The van der Waals surface area contributed by atoms with Gasteiger partial charge in [0.2, 0.25) is 0 Å². The van der Waals surface area contributed by atoms with Crippen LogP contribution in [0, 0.1) is 0 Å². The number of hydrogen-bond donors (Lipinski definition) is 2. The van der Waals surface area contributed by atoms with Crippen LogP contribution < -0.4 is 0 Å². The normalized spacial score (nSPS) is 15.8. The molecular formula is C4H12NO4P. The van der Waals surface area contributed by atoms with Crippen LogP contribution in [-0.2, 0) is 9.09 Å². The van der Waals surface area contributed by atoms with Gasteiger partial charge in [0.25, 0.3) is 0 Å². The molecule has 62 valence electrons. The van der Waals surface area contributed by atoms with Crippen LogP contribution in [0.15, 0.2) is 0 Å². The fraction of sp³-hybridized carbons (Fsp3) is 1.00. The first-order valence-electron chi connectivity index (χ1n) is 2.73. The first kappa shape index (κ1) is 10.1. The summed E-state index contributed by atoms with van der Waals surface area (Å²) in [5, 5.41) is 0. The largest absolute Gasteiger partial charge is 0.471 e. The number of rotatable bonds is 3. The van der Waals surface area contributed by atoms with Crippen molar-refractivity contribution in [2.75, 3.05) is 14.1 Å². The van der Waals surface area contributed by atoms with Gasteiger partial charge in [0.15, 0.2) is 0 Å². The van der Waals surface area contributed by atoms with Crippen LogP contribution in [-0.4, -0.2) is 35.0 Å². The maximum absolute atomic E-state index is 10.2. The van der Waals surface area contributed by atoms with E-state index in [4.69, 9.17) is 9.79 Å². The fourth-order valence-corrected chi connectivity index (χ4v) is 0.879. The zero-order chi connectivity index (χ0) is 8.36. The molecule has 10 heavy (non-hydrogen) atoms. The fourth-order valence-electron chi connectivity index (χ4n) is 0.293. The van der Waals surface area contributed by atoms with Crippen LogP contribution >= 0.6 is 7.82 Å². The highest BCUT2D eigenvalue weighted by Crippen LogP contribution is 2.37. The highest BCUT2D eigenvalue weighted by Gasteiger charge is 2.19. The van der Waals surface area contributed by atoms with Crippen molar-refractivity contribution in [3.8, 4) is 0 Å². The summed E-state index contributed by atoms with van der Waals surface area (Å²) in [4.78, 5) is 18.2. The van der Waals surface area contributed by atoms with Crippen molar-refractivity contribution in [1.82, 2.24) is 4.90 Å². The minimum absolute atomic E-state index is 0.569. The Bertz CT molecular complexity index is 142. The molecule has 0 aliphatic carbocycles. The maximum atomic E-state index is 10.2. The van der Waals surface area contributed by atoms with Gasteiger partial charge >= 0.3 is 7.82 Å². The molecule has 0 rings (SSSR count). The third-order valence-corrected chi connectivity index (χ3v) is 1.60. The van der Waals surface area contributed by atoms with Crippen LogP contribution in [0.3, 0.4) is 0 Å². The molecule has 0 spiro atoms. The molecule has 0 aliphatic rings. The SMILES string of the molecule is CC(OP(=O)(O)O)N(C)C. The topological polar surface area (TPSA) is 70.0 Å². The van der Waals surface area contributed by atoms with Crippen molar-refractivity contribution < 1.29 is 18.9 Å². The van der Waals surface area contributed by atoms with Crippen LogP contribution in [0.2, 0.25) is 0 Å². The Morgan fingerprint density at radius 2 is 1.90 bits per heavy atom. The molecule has 1 unspecified atom stereocenters. The van der Waals surface area contributed by atoms with E-state index in [1.807, 2.05) is 0 Å². The molecule has 0 bridgehead atoms. The highest BCUT2D eigenvalue weighted by atomic mass is 31.2. The van der Waals surface area contributed by atoms with Gasteiger partial charge in [-0.3, -0.25) is 9.42 Å². The molecule has 5 nitrogen and oxygen atoms in total. The van der Waals surface area contributed by atoms with E-state index in [9.17, 15) is 4.57 Å². The second-order valence-electron chi connectivity index (χ2n) is 2.16. The predicted octanol–water partition coefficient (Wildman–Crippen LogP) is 0.00330. The summed E-state index contributed by atoms with van der Waals surface area (Å²) in [5.41, 5.74) is 0. The third-order valence-electron chi connectivity index (χ3n) is 1.02. The van der Waals surface area contributed by atoms with E-state index in [1.54, 1.807) is 25.9 Å². The van der Waals surface area contributed by atoms with Gasteiger partial charge in [0, 0.05) is 0 Å². The van der Waals surface area contributed by atoms with Gasteiger partial charge in [-0.05, 0) is 21.0 Å². The average Bonchev–Trinajstić information content (AvgIpc) is 1.60. The van der Waals surface area contributed by atoms with Crippen molar-refractivity contribution in [3.05, 3.63) is 0 Å². The van der Waals surface area contributed by atoms with Crippen LogP contribution in [0.5, 0.6) is 0 Å². The summed E-state index contributed by atoms with van der Waals surface area (Å²) >= 11 is 0. The number of nitrogens with zero attached hydrogens (tertiary/aromatic N) is 1. The lowest BCUT2D eigenvalue weighted by atomic mass is 10.6. The van der Waals surface area contributed by atoms with Gasteiger partial charge in [-0.15, -0.1) is 0 Å². The maximum Gasteiger partial charge on any atom is 0.471 e. The van der Waals surface area contributed by atoms with Gasteiger partial charge < -0.3 is 9.79 Å². The monoisotopic (exact) mass is 169 g/mol. The van der Waals surface area contributed by atoms with Crippen LogP contribution in [0.25, 0.3) is 0 Å². The van der Waals surface area contributed by atoms with Crippen molar-refractivity contribution in [3.63, 3.8) is 0 Å². The zero-order valence-electron chi connectivity index (χ0n) is 6.18. The van der Waals surface area contributed by atoms with Crippen LogP contribution in [0.4, 0.5) is 0 Å². The Morgan fingerprint density at radius 1 is 1.50 bits per heavy atom.